The minimum atomic E-state index is 0.439. The summed E-state index contributed by atoms with van der Waals surface area (Å²) in [5, 5.41) is 4.26. The lowest BCUT2D eigenvalue weighted by molar-refractivity contribution is 0.528. The number of thioether (sulfide) groups is 1. The van der Waals surface area contributed by atoms with E-state index in [2.05, 4.69) is 46.8 Å². The average molecular weight is 333 g/mol. The van der Waals surface area contributed by atoms with Crippen LogP contribution in [0.15, 0.2) is 51.2 Å². The van der Waals surface area contributed by atoms with E-state index in [-0.39, 0.29) is 0 Å². The molecule has 1 rings (SSSR count). The van der Waals surface area contributed by atoms with Crippen LogP contribution in [0.4, 0.5) is 0 Å². The first-order valence-corrected chi connectivity index (χ1v) is 9.03. The molecule has 0 fully saturated rings. The van der Waals surface area contributed by atoms with Crippen molar-refractivity contribution in [1.82, 2.24) is 5.32 Å². The molecule has 23 heavy (non-hydrogen) atoms. The number of rotatable bonds is 7. The Morgan fingerprint density at radius 2 is 2.30 bits per heavy atom. The molecule has 0 saturated carbocycles. The molecule has 1 aliphatic heterocycles. The fraction of sp³-hybridized carbons (Fsp3) is 0.500. The average Bonchev–Trinajstić information content (AvgIpc) is 2.66. The van der Waals surface area contributed by atoms with Gasteiger partial charge in [0.1, 0.15) is 17.5 Å². The van der Waals surface area contributed by atoms with Crippen LogP contribution in [0.1, 0.15) is 34.1 Å². The molecular weight excluding hydrogens is 304 g/mol. The van der Waals surface area contributed by atoms with Gasteiger partial charge >= 0.3 is 0 Å². The van der Waals surface area contributed by atoms with Gasteiger partial charge < -0.3 is 5.32 Å². The second-order valence-electron chi connectivity index (χ2n) is 5.47. The molecule has 1 heterocycles. The highest BCUT2D eigenvalue weighted by Gasteiger charge is 2.05. The lowest BCUT2D eigenvalue weighted by Crippen LogP contribution is -2.19. The van der Waals surface area contributed by atoms with E-state index in [0.717, 1.165) is 40.9 Å². The fourth-order valence-electron chi connectivity index (χ4n) is 1.70. The predicted molar refractivity (Wildman–Crippen MR) is 106 cm³/mol. The van der Waals surface area contributed by atoms with Gasteiger partial charge in [-0.2, -0.15) is 0 Å². The van der Waals surface area contributed by atoms with E-state index < -0.39 is 0 Å². The maximum atomic E-state index is 4.51. The Bertz CT molecular complexity index is 541. The lowest BCUT2D eigenvalue weighted by Gasteiger charge is -2.11. The molecule has 0 aromatic rings. The molecule has 0 bridgehead atoms. The van der Waals surface area contributed by atoms with Gasteiger partial charge in [0.2, 0.25) is 0 Å². The molecule has 0 amide bonds. The minimum Gasteiger partial charge on any atom is -0.370 e. The molecule has 5 heteroatoms. The number of allylic oxidation sites excluding steroid dienone is 2. The highest BCUT2D eigenvalue weighted by Crippen LogP contribution is 2.13. The molecule has 0 aliphatic carbocycles. The van der Waals surface area contributed by atoms with Crippen LogP contribution in [0.25, 0.3) is 0 Å². The SMILES string of the molecule is C=C(/C=N\C(=C/C)NCC(C)CC)/C1=N/C/N=C(C)\C=C/CS1. The normalized spacial score (nSPS) is 23.7. The first-order chi connectivity index (χ1) is 11.1. The van der Waals surface area contributed by atoms with Crippen molar-refractivity contribution < 1.29 is 0 Å². The Kier molecular flexibility index (Phi) is 9.29. The Balaban J connectivity index is 2.65. The van der Waals surface area contributed by atoms with Crippen molar-refractivity contribution in [3.05, 3.63) is 36.2 Å². The second kappa shape index (κ2) is 11.0. The molecule has 1 unspecified atom stereocenters. The number of nitrogens with one attached hydrogen (secondary N) is 1. The lowest BCUT2D eigenvalue weighted by atomic mass is 10.1. The van der Waals surface area contributed by atoms with Gasteiger partial charge in [0.15, 0.2) is 0 Å². The van der Waals surface area contributed by atoms with Gasteiger partial charge in [0.05, 0.1) is 0 Å². The molecule has 0 aromatic heterocycles. The summed E-state index contributed by atoms with van der Waals surface area (Å²) in [6.45, 7) is 13.8. The number of aliphatic imine (C=N–C) groups is 3. The van der Waals surface area contributed by atoms with Crippen LogP contribution in [-0.4, -0.2) is 35.9 Å². The summed E-state index contributed by atoms with van der Waals surface area (Å²) >= 11 is 1.66. The smallest absolute Gasteiger partial charge is 0.130 e. The van der Waals surface area contributed by atoms with E-state index in [1.807, 2.05) is 26.0 Å². The van der Waals surface area contributed by atoms with Gasteiger partial charge in [-0.25, -0.2) is 4.99 Å². The van der Waals surface area contributed by atoms with Crippen LogP contribution >= 0.6 is 11.8 Å². The molecule has 0 aromatic carbocycles. The van der Waals surface area contributed by atoms with Gasteiger partial charge in [0.25, 0.3) is 0 Å². The summed E-state index contributed by atoms with van der Waals surface area (Å²) in [4.78, 5) is 13.4. The van der Waals surface area contributed by atoms with Crippen molar-refractivity contribution in [2.24, 2.45) is 20.9 Å². The zero-order valence-electron chi connectivity index (χ0n) is 14.7. The van der Waals surface area contributed by atoms with Crippen LogP contribution in [0.5, 0.6) is 0 Å². The molecule has 1 N–H and O–H groups in total. The molecular formula is C18H28N4S. The molecule has 4 nitrogen and oxygen atoms in total. The third-order valence-corrected chi connectivity index (χ3v) is 4.47. The van der Waals surface area contributed by atoms with Crippen LogP contribution in [0.2, 0.25) is 0 Å². The van der Waals surface area contributed by atoms with Crippen LogP contribution in [-0.2, 0) is 0 Å². The Labute approximate surface area is 144 Å². The molecule has 0 saturated heterocycles. The molecule has 126 valence electrons. The maximum Gasteiger partial charge on any atom is 0.130 e. The van der Waals surface area contributed by atoms with E-state index in [1.54, 1.807) is 18.0 Å². The van der Waals surface area contributed by atoms with Crippen molar-refractivity contribution in [1.29, 1.82) is 0 Å². The minimum absolute atomic E-state index is 0.439. The third-order valence-electron chi connectivity index (χ3n) is 3.45. The zero-order chi connectivity index (χ0) is 17.1. The summed E-state index contributed by atoms with van der Waals surface area (Å²) in [6, 6.07) is 0. The standard InChI is InChI=1S/C18H28N4S/c1-6-14(3)11-19-17(7-2)20-12-15(4)18-22-13-21-16(5)9-8-10-23-18/h7-9,12,14,19H,4,6,10-11,13H2,1-3,5H3/b9-8-,17-7-,20-12-,21-16-,22-18-. The van der Waals surface area contributed by atoms with Crippen molar-refractivity contribution in [3.63, 3.8) is 0 Å². The number of hydrogen-bond donors (Lipinski definition) is 1. The third kappa shape index (κ3) is 7.98. The highest BCUT2D eigenvalue weighted by atomic mass is 32.2. The summed E-state index contributed by atoms with van der Waals surface area (Å²) in [5.41, 5.74) is 1.82. The van der Waals surface area contributed by atoms with Gasteiger partial charge in [-0.15, -0.1) is 11.8 Å². The van der Waals surface area contributed by atoms with E-state index in [9.17, 15) is 0 Å². The van der Waals surface area contributed by atoms with E-state index in [1.165, 1.54) is 0 Å². The van der Waals surface area contributed by atoms with Crippen molar-refractivity contribution in [2.45, 2.75) is 34.1 Å². The molecule has 1 atom stereocenters. The summed E-state index contributed by atoms with van der Waals surface area (Å²) < 4.78 is 0. The Morgan fingerprint density at radius 3 is 3.00 bits per heavy atom. The fourth-order valence-corrected chi connectivity index (χ4v) is 2.43. The Hall–Kier alpha value is -1.62. The van der Waals surface area contributed by atoms with Crippen molar-refractivity contribution in [2.75, 3.05) is 19.0 Å². The highest BCUT2D eigenvalue weighted by molar-refractivity contribution is 8.14. The van der Waals surface area contributed by atoms with Crippen molar-refractivity contribution >= 4 is 28.7 Å². The number of hydrogen-bond acceptors (Lipinski definition) is 5. The van der Waals surface area contributed by atoms with Gasteiger partial charge in [-0.1, -0.05) is 32.9 Å². The van der Waals surface area contributed by atoms with Crippen molar-refractivity contribution in [3.8, 4) is 0 Å². The first kappa shape index (κ1) is 19.4. The zero-order valence-corrected chi connectivity index (χ0v) is 15.5. The summed E-state index contributed by atoms with van der Waals surface area (Å²) in [5.74, 6) is 2.36. The quantitative estimate of drug-likeness (QED) is 0.709. The van der Waals surface area contributed by atoms with Gasteiger partial charge in [-0.3, -0.25) is 9.98 Å². The second-order valence-corrected chi connectivity index (χ2v) is 6.48. The largest absolute Gasteiger partial charge is 0.370 e. The van der Waals surface area contributed by atoms with Gasteiger partial charge in [-0.05, 0) is 31.9 Å². The monoisotopic (exact) mass is 332 g/mol. The Morgan fingerprint density at radius 1 is 1.52 bits per heavy atom. The number of nitrogens with zero attached hydrogens (tertiary/aromatic N) is 3. The van der Waals surface area contributed by atoms with E-state index in [4.69, 9.17) is 0 Å². The molecule has 0 spiro atoms. The van der Waals surface area contributed by atoms with Crippen LogP contribution in [0, 0.1) is 5.92 Å². The first-order valence-electron chi connectivity index (χ1n) is 8.05. The van der Waals surface area contributed by atoms with Crippen LogP contribution in [0.3, 0.4) is 0 Å². The molecule has 1 aliphatic rings. The summed E-state index contributed by atoms with van der Waals surface area (Å²) in [7, 11) is 0. The summed E-state index contributed by atoms with van der Waals surface area (Å²) in [6.07, 6.45) is 9.03. The van der Waals surface area contributed by atoms with Gasteiger partial charge in [0, 0.05) is 29.8 Å². The predicted octanol–water partition coefficient (Wildman–Crippen LogP) is 4.23. The maximum absolute atomic E-state index is 4.51. The van der Waals surface area contributed by atoms with E-state index in [0.29, 0.717) is 12.6 Å². The van der Waals surface area contributed by atoms with Crippen LogP contribution < -0.4 is 5.32 Å². The van der Waals surface area contributed by atoms with E-state index >= 15 is 0 Å². The topological polar surface area (TPSA) is 49.1 Å². The molecule has 0 radical (unpaired) electrons.